The molecule has 0 aromatic heterocycles. The van der Waals surface area contributed by atoms with Crippen LogP contribution in [0, 0.1) is 0 Å². The third-order valence-corrected chi connectivity index (χ3v) is 2.27. The highest BCUT2D eigenvalue weighted by Gasteiger charge is 2.52. The largest absolute Gasteiger partial charge is 0.391 e. The van der Waals surface area contributed by atoms with E-state index in [2.05, 4.69) is 6.58 Å². The fourth-order valence-corrected chi connectivity index (χ4v) is 1.40. The van der Waals surface area contributed by atoms with Crippen molar-refractivity contribution in [2.75, 3.05) is 19.8 Å². The Morgan fingerprint density at radius 3 is 2.60 bits per heavy atom. The second-order valence-corrected chi connectivity index (χ2v) is 3.42. The Bertz CT molecular complexity index is 221. The monoisotopic (exact) mass is 220 g/mol. The van der Waals surface area contributed by atoms with Gasteiger partial charge in [0, 0.05) is 0 Å². The summed E-state index contributed by atoms with van der Waals surface area (Å²) >= 11 is 0. The minimum atomic E-state index is -2.11. The van der Waals surface area contributed by atoms with Crippen LogP contribution < -0.4 is 0 Å². The van der Waals surface area contributed by atoms with Crippen LogP contribution in [0.1, 0.15) is 0 Å². The first-order chi connectivity index (χ1) is 7.05. The molecule has 1 fully saturated rings. The lowest BCUT2D eigenvalue weighted by atomic mass is 10.1. The summed E-state index contributed by atoms with van der Waals surface area (Å²) in [5.41, 5.74) is 0. The first-order valence-electron chi connectivity index (χ1n) is 4.61. The van der Waals surface area contributed by atoms with Crippen molar-refractivity contribution in [2.45, 2.75) is 24.1 Å². The van der Waals surface area contributed by atoms with Crippen LogP contribution in [0.4, 0.5) is 0 Å². The first-order valence-corrected chi connectivity index (χ1v) is 4.61. The smallest absolute Gasteiger partial charge is 0.219 e. The van der Waals surface area contributed by atoms with Crippen LogP contribution in [0.5, 0.6) is 0 Å². The molecule has 1 heterocycles. The Balaban J connectivity index is 2.51. The Kier molecular flexibility index (Phi) is 4.21. The molecule has 1 aliphatic heterocycles. The maximum atomic E-state index is 9.51. The molecule has 15 heavy (non-hydrogen) atoms. The topological polar surface area (TPSA) is 99.4 Å². The Morgan fingerprint density at radius 1 is 1.47 bits per heavy atom. The van der Waals surface area contributed by atoms with Gasteiger partial charge >= 0.3 is 0 Å². The molecule has 0 aromatic rings. The normalized spacial score (nSPS) is 40.7. The number of aliphatic hydroxyl groups is 4. The third-order valence-electron chi connectivity index (χ3n) is 2.27. The quantitative estimate of drug-likeness (QED) is 0.315. The van der Waals surface area contributed by atoms with E-state index >= 15 is 0 Å². The highest BCUT2D eigenvalue weighted by Crippen LogP contribution is 2.28. The second kappa shape index (κ2) is 5.02. The molecule has 4 atom stereocenters. The highest BCUT2D eigenvalue weighted by molar-refractivity contribution is 4.95. The van der Waals surface area contributed by atoms with Crippen LogP contribution in [0.2, 0.25) is 0 Å². The average Bonchev–Trinajstić information content (AvgIpc) is 2.45. The third kappa shape index (κ3) is 2.54. The standard InChI is InChI=1S/C9H16O6/c1-2-3-14-4-6-7(11)8(12)9(13,5-10)15-6/h2,6-8,10-13H,1,3-5H2/t6-,7-,8+,9+/m1/s1. The lowest BCUT2D eigenvalue weighted by Crippen LogP contribution is -2.46. The molecule has 0 spiro atoms. The summed E-state index contributed by atoms with van der Waals surface area (Å²) in [5.74, 6) is -2.11. The zero-order valence-electron chi connectivity index (χ0n) is 8.24. The molecule has 0 aromatic carbocycles. The van der Waals surface area contributed by atoms with Gasteiger partial charge in [-0.3, -0.25) is 0 Å². The summed E-state index contributed by atoms with van der Waals surface area (Å²) in [6, 6.07) is 0. The van der Waals surface area contributed by atoms with E-state index < -0.39 is 30.7 Å². The van der Waals surface area contributed by atoms with Crippen molar-refractivity contribution in [1.29, 1.82) is 0 Å². The van der Waals surface area contributed by atoms with Gasteiger partial charge < -0.3 is 29.9 Å². The summed E-state index contributed by atoms with van der Waals surface area (Å²) < 4.78 is 9.93. The molecule has 0 aliphatic carbocycles. The molecule has 0 amide bonds. The molecular weight excluding hydrogens is 204 g/mol. The Hall–Kier alpha value is -0.500. The van der Waals surface area contributed by atoms with Crippen molar-refractivity contribution < 1.29 is 29.9 Å². The van der Waals surface area contributed by atoms with Crippen molar-refractivity contribution in [3.8, 4) is 0 Å². The summed E-state index contributed by atoms with van der Waals surface area (Å²) in [6.07, 6.45) is -2.17. The van der Waals surface area contributed by atoms with E-state index in [0.29, 0.717) is 0 Å². The van der Waals surface area contributed by atoms with Gasteiger partial charge in [-0.25, -0.2) is 0 Å². The van der Waals surface area contributed by atoms with Crippen molar-refractivity contribution in [3.05, 3.63) is 12.7 Å². The molecule has 1 rings (SSSR count). The minimum absolute atomic E-state index is 0.00650. The van der Waals surface area contributed by atoms with Gasteiger partial charge in [-0.05, 0) is 0 Å². The van der Waals surface area contributed by atoms with Crippen molar-refractivity contribution in [1.82, 2.24) is 0 Å². The molecular formula is C9H16O6. The van der Waals surface area contributed by atoms with Gasteiger partial charge in [-0.2, -0.15) is 0 Å². The van der Waals surface area contributed by atoms with Crippen LogP contribution >= 0.6 is 0 Å². The molecule has 0 bridgehead atoms. The number of ether oxygens (including phenoxy) is 2. The lowest BCUT2D eigenvalue weighted by Gasteiger charge is -2.22. The molecule has 0 saturated carbocycles. The van der Waals surface area contributed by atoms with E-state index in [1.165, 1.54) is 6.08 Å². The van der Waals surface area contributed by atoms with E-state index in [1.54, 1.807) is 0 Å². The zero-order chi connectivity index (χ0) is 11.5. The van der Waals surface area contributed by atoms with Crippen LogP contribution in [0.3, 0.4) is 0 Å². The van der Waals surface area contributed by atoms with Gasteiger partial charge in [0.15, 0.2) is 0 Å². The highest BCUT2D eigenvalue weighted by atomic mass is 16.7. The average molecular weight is 220 g/mol. The summed E-state index contributed by atoms with van der Waals surface area (Å²) in [6.45, 7) is 2.93. The van der Waals surface area contributed by atoms with Crippen LogP contribution in [-0.2, 0) is 9.47 Å². The molecule has 0 radical (unpaired) electrons. The summed E-state index contributed by atoms with van der Waals surface area (Å²) in [5, 5.41) is 37.2. The van der Waals surface area contributed by atoms with Gasteiger partial charge in [0.2, 0.25) is 5.79 Å². The van der Waals surface area contributed by atoms with Crippen LogP contribution in [0.25, 0.3) is 0 Å². The van der Waals surface area contributed by atoms with Crippen molar-refractivity contribution >= 4 is 0 Å². The van der Waals surface area contributed by atoms with E-state index in [0.717, 1.165) is 0 Å². The second-order valence-electron chi connectivity index (χ2n) is 3.42. The van der Waals surface area contributed by atoms with E-state index in [4.69, 9.17) is 14.6 Å². The van der Waals surface area contributed by atoms with Crippen LogP contribution in [-0.4, -0.2) is 64.3 Å². The lowest BCUT2D eigenvalue weighted by molar-refractivity contribution is -0.249. The van der Waals surface area contributed by atoms with Gasteiger partial charge in [-0.15, -0.1) is 6.58 Å². The van der Waals surface area contributed by atoms with Crippen LogP contribution in [0.15, 0.2) is 12.7 Å². The predicted octanol–water partition coefficient (Wildman–Crippen LogP) is -2.01. The fraction of sp³-hybridized carbons (Fsp3) is 0.778. The molecule has 0 unspecified atom stereocenters. The maximum absolute atomic E-state index is 9.51. The number of hydrogen-bond acceptors (Lipinski definition) is 6. The van der Waals surface area contributed by atoms with E-state index in [1.807, 2.05) is 0 Å². The SMILES string of the molecule is C=CCOC[C@H]1O[C@@](O)(CO)[C@@H](O)[C@@H]1O. The van der Waals surface area contributed by atoms with Crippen molar-refractivity contribution in [3.63, 3.8) is 0 Å². The minimum Gasteiger partial charge on any atom is -0.391 e. The Labute approximate surface area is 87.4 Å². The van der Waals surface area contributed by atoms with Crippen molar-refractivity contribution in [2.24, 2.45) is 0 Å². The number of hydrogen-bond donors (Lipinski definition) is 4. The van der Waals surface area contributed by atoms with E-state index in [9.17, 15) is 15.3 Å². The van der Waals surface area contributed by atoms with Gasteiger partial charge in [-0.1, -0.05) is 6.08 Å². The van der Waals surface area contributed by atoms with Gasteiger partial charge in [0.05, 0.1) is 19.8 Å². The molecule has 88 valence electrons. The van der Waals surface area contributed by atoms with Gasteiger partial charge in [0.1, 0.15) is 18.3 Å². The maximum Gasteiger partial charge on any atom is 0.219 e. The molecule has 6 heteroatoms. The predicted molar refractivity (Wildman–Crippen MR) is 49.9 cm³/mol. The molecule has 1 aliphatic rings. The number of aliphatic hydroxyl groups excluding tert-OH is 3. The molecule has 4 N–H and O–H groups in total. The number of rotatable bonds is 5. The summed E-state index contributed by atoms with van der Waals surface area (Å²) in [7, 11) is 0. The summed E-state index contributed by atoms with van der Waals surface area (Å²) in [4.78, 5) is 0. The molecule has 1 saturated heterocycles. The zero-order valence-corrected chi connectivity index (χ0v) is 8.24. The molecule has 6 nitrogen and oxygen atoms in total. The van der Waals surface area contributed by atoms with E-state index in [-0.39, 0.29) is 13.2 Å². The first kappa shape index (κ1) is 12.6. The van der Waals surface area contributed by atoms with Gasteiger partial charge in [0.25, 0.3) is 0 Å². The fourth-order valence-electron chi connectivity index (χ4n) is 1.40. The Morgan fingerprint density at radius 2 is 2.13 bits per heavy atom.